The van der Waals surface area contributed by atoms with Gasteiger partial charge in [0.15, 0.2) is 0 Å². The van der Waals surface area contributed by atoms with Gasteiger partial charge < -0.3 is 4.74 Å². The molecule has 0 amide bonds. The minimum Gasteiger partial charge on any atom is -0.494 e. The van der Waals surface area contributed by atoms with Gasteiger partial charge in [0.2, 0.25) is 0 Å². The summed E-state index contributed by atoms with van der Waals surface area (Å²) in [6.07, 6.45) is 0.879. The molecular formula is C17H18BrClO. The zero-order chi connectivity index (χ0) is 14.5. The first-order valence-electron chi connectivity index (χ1n) is 6.72. The third kappa shape index (κ3) is 4.00. The molecule has 1 atom stereocenters. The van der Waals surface area contributed by atoms with Gasteiger partial charge in [0.1, 0.15) is 5.75 Å². The summed E-state index contributed by atoms with van der Waals surface area (Å²) >= 11 is 9.82. The van der Waals surface area contributed by atoms with Crippen molar-refractivity contribution in [2.75, 3.05) is 6.61 Å². The van der Waals surface area contributed by atoms with E-state index in [9.17, 15) is 0 Å². The lowest BCUT2D eigenvalue weighted by molar-refractivity contribution is 0.336. The predicted molar refractivity (Wildman–Crippen MR) is 89.2 cm³/mol. The summed E-state index contributed by atoms with van der Waals surface area (Å²) in [7, 11) is 0. The molecule has 0 saturated heterocycles. The Hall–Kier alpha value is -0.990. The van der Waals surface area contributed by atoms with Crippen LogP contribution < -0.4 is 4.74 Å². The quantitative estimate of drug-likeness (QED) is 0.624. The maximum absolute atomic E-state index is 6.04. The molecule has 106 valence electrons. The largest absolute Gasteiger partial charge is 0.494 e. The number of alkyl halides is 1. The third-order valence-corrected chi connectivity index (χ3v) is 4.16. The van der Waals surface area contributed by atoms with Gasteiger partial charge in [-0.05, 0) is 44.0 Å². The van der Waals surface area contributed by atoms with E-state index in [1.165, 1.54) is 16.7 Å². The van der Waals surface area contributed by atoms with Crippen molar-refractivity contribution in [2.24, 2.45) is 0 Å². The predicted octanol–water partition coefficient (Wildman–Crippen LogP) is 5.73. The van der Waals surface area contributed by atoms with Crippen LogP contribution in [0.15, 0.2) is 42.5 Å². The number of rotatable bonds is 5. The van der Waals surface area contributed by atoms with Crippen molar-refractivity contribution in [1.82, 2.24) is 0 Å². The van der Waals surface area contributed by atoms with Gasteiger partial charge in [-0.3, -0.25) is 0 Å². The lowest BCUT2D eigenvalue weighted by Crippen LogP contribution is -2.01. The van der Waals surface area contributed by atoms with Crippen molar-refractivity contribution in [3.05, 3.63) is 64.2 Å². The smallest absolute Gasteiger partial charge is 0.123 e. The van der Waals surface area contributed by atoms with Gasteiger partial charge in [0.05, 0.1) is 6.61 Å². The monoisotopic (exact) mass is 352 g/mol. The number of hydrogen-bond acceptors (Lipinski definition) is 1. The standard InChI is InChI=1S/C17H18BrClO/c1-3-20-17-8-7-12(2)9-15(17)16(18)11-13-5-4-6-14(19)10-13/h4-10,16H,3,11H2,1-2H3. The average molecular weight is 354 g/mol. The summed E-state index contributed by atoms with van der Waals surface area (Å²) in [6, 6.07) is 14.3. The number of ether oxygens (including phenoxy) is 1. The zero-order valence-corrected chi connectivity index (χ0v) is 14.0. The number of aryl methyl sites for hydroxylation is 1. The first kappa shape index (κ1) is 15.4. The van der Waals surface area contributed by atoms with Crippen molar-refractivity contribution in [2.45, 2.75) is 25.1 Å². The van der Waals surface area contributed by atoms with Crippen LogP contribution in [-0.4, -0.2) is 6.61 Å². The van der Waals surface area contributed by atoms with Gasteiger partial charge in [0, 0.05) is 15.4 Å². The van der Waals surface area contributed by atoms with E-state index in [1.807, 2.05) is 31.2 Å². The van der Waals surface area contributed by atoms with E-state index in [1.54, 1.807) is 0 Å². The molecule has 0 spiro atoms. The Labute approximate surface area is 134 Å². The van der Waals surface area contributed by atoms with Crippen LogP contribution in [0.5, 0.6) is 5.75 Å². The van der Waals surface area contributed by atoms with Crippen LogP contribution in [0.25, 0.3) is 0 Å². The fourth-order valence-electron chi connectivity index (χ4n) is 2.18. The summed E-state index contributed by atoms with van der Waals surface area (Å²) in [6.45, 7) is 4.77. The highest BCUT2D eigenvalue weighted by atomic mass is 79.9. The van der Waals surface area contributed by atoms with Crippen LogP contribution in [0.4, 0.5) is 0 Å². The van der Waals surface area contributed by atoms with E-state index in [4.69, 9.17) is 16.3 Å². The summed E-state index contributed by atoms with van der Waals surface area (Å²) in [5.41, 5.74) is 3.63. The summed E-state index contributed by atoms with van der Waals surface area (Å²) in [5, 5.41) is 0.775. The molecule has 0 bridgehead atoms. The molecule has 0 heterocycles. The van der Waals surface area contributed by atoms with Crippen molar-refractivity contribution in [3.8, 4) is 5.75 Å². The van der Waals surface area contributed by atoms with Crippen LogP contribution in [-0.2, 0) is 6.42 Å². The number of halogens is 2. The van der Waals surface area contributed by atoms with Crippen LogP contribution in [0.3, 0.4) is 0 Å². The van der Waals surface area contributed by atoms with Gasteiger partial charge >= 0.3 is 0 Å². The summed E-state index contributed by atoms with van der Waals surface area (Å²) < 4.78 is 5.72. The van der Waals surface area contributed by atoms with E-state index in [-0.39, 0.29) is 4.83 Å². The molecule has 2 rings (SSSR count). The Morgan fingerprint density at radius 3 is 2.70 bits per heavy atom. The minimum absolute atomic E-state index is 0.211. The maximum atomic E-state index is 6.04. The average Bonchev–Trinajstić information content (AvgIpc) is 2.41. The van der Waals surface area contributed by atoms with E-state index < -0.39 is 0 Å². The molecule has 0 N–H and O–H groups in total. The first-order valence-corrected chi connectivity index (χ1v) is 8.01. The van der Waals surface area contributed by atoms with E-state index >= 15 is 0 Å². The molecular weight excluding hydrogens is 336 g/mol. The first-order chi connectivity index (χ1) is 9.60. The van der Waals surface area contributed by atoms with E-state index in [0.717, 1.165) is 17.2 Å². The SMILES string of the molecule is CCOc1ccc(C)cc1C(Br)Cc1cccc(Cl)c1. The summed E-state index contributed by atoms with van der Waals surface area (Å²) in [5.74, 6) is 0.946. The molecule has 0 saturated carbocycles. The normalized spacial score (nSPS) is 12.2. The molecule has 3 heteroatoms. The molecule has 0 aromatic heterocycles. The molecule has 0 aliphatic heterocycles. The molecule has 0 fully saturated rings. The molecule has 0 radical (unpaired) electrons. The highest BCUT2D eigenvalue weighted by molar-refractivity contribution is 9.09. The molecule has 0 aliphatic rings. The molecule has 1 nitrogen and oxygen atoms in total. The molecule has 2 aromatic carbocycles. The second-order valence-corrected chi connectivity index (χ2v) is 6.32. The second kappa shape index (κ2) is 7.14. The lowest BCUT2D eigenvalue weighted by atomic mass is 10.0. The van der Waals surface area contributed by atoms with Gasteiger partial charge in [-0.1, -0.05) is 57.4 Å². The molecule has 1 unspecified atom stereocenters. The van der Waals surface area contributed by atoms with Crippen LogP contribution in [0.1, 0.15) is 28.4 Å². The van der Waals surface area contributed by atoms with E-state index in [0.29, 0.717) is 6.61 Å². The van der Waals surface area contributed by atoms with Gasteiger partial charge in [-0.15, -0.1) is 0 Å². The molecule has 0 aliphatic carbocycles. The topological polar surface area (TPSA) is 9.23 Å². The second-order valence-electron chi connectivity index (χ2n) is 4.78. The Morgan fingerprint density at radius 2 is 2.00 bits per heavy atom. The Balaban J connectivity index is 2.23. The molecule has 20 heavy (non-hydrogen) atoms. The van der Waals surface area contributed by atoms with Crippen LogP contribution >= 0.6 is 27.5 Å². The highest BCUT2D eigenvalue weighted by Crippen LogP contribution is 2.35. The zero-order valence-electron chi connectivity index (χ0n) is 11.7. The van der Waals surface area contributed by atoms with Crippen molar-refractivity contribution >= 4 is 27.5 Å². The molecule has 2 aromatic rings. The Kier molecular flexibility index (Phi) is 5.50. The minimum atomic E-state index is 0.211. The third-order valence-electron chi connectivity index (χ3n) is 3.11. The maximum Gasteiger partial charge on any atom is 0.123 e. The van der Waals surface area contributed by atoms with Gasteiger partial charge in [-0.25, -0.2) is 0 Å². The van der Waals surface area contributed by atoms with Crippen molar-refractivity contribution in [1.29, 1.82) is 0 Å². The number of hydrogen-bond donors (Lipinski definition) is 0. The van der Waals surface area contributed by atoms with Crippen LogP contribution in [0, 0.1) is 6.92 Å². The lowest BCUT2D eigenvalue weighted by Gasteiger charge is -2.16. The fourth-order valence-corrected chi connectivity index (χ4v) is 3.12. The Morgan fingerprint density at radius 1 is 1.20 bits per heavy atom. The fraction of sp³-hybridized carbons (Fsp3) is 0.294. The summed E-state index contributed by atoms with van der Waals surface area (Å²) in [4.78, 5) is 0.211. The number of benzene rings is 2. The van der Waals surface area contributed by atoms with Crippen molar-refractivity contribution < 1.29 is 4.74 Å². The van der Waals surface area contributed by atoms with E-state index in [2.05, 4.69) is 41.1 Å². The Bertz CT molecular complexity index is 583. The van der Waals surface area contributed by atoms with Crippen LogP contribution in [0.2, 0.25) is 5.02 Å². The van der Waals surface area contributed by atoms with Crippen molar-refractivity contribution in [3.63, 3.8) is 0 Å². The highest BCUT2D eigenvalue weighted by Gasteiger charge is 2.14. The van der Waals surface area contributed by atoms with Gasteiger partial charge in [0.25, 0.3) is 0 Å². The van der Waals surface area contributed by atoms with Gasteiger partial charge in [-0.2, -0.15) is 0 Å².